The third-order valence-electron chi connectivity index (χ3n) is 3.68. The predicted molar refractivity (Wildman–Crippen MR) is 81.9 cm³/mol. The average Bonchev–Trinajstić information content (AvgIpc) is 2.46. The van der Waals surface area contributed by atoms with Crippen LogP contribution < -0.4 is 4.90 Å². The van der Waals surface area contributed by atoms with Crippen molar-refractivity contribution in [3.05, 3.63) is 59.2 Å². The molecular formula is C17H19N2O+. The van der Waals surface area contributed by atoms with E-state index in [-0.39, 0.29) is 6.73 Å². The molecule has 20 heavy (non-hydrogen) atoms. The fourth-order valence-electron chi connectivity index (χ4n) is 2.55. The molecule has 0 atom stereocenters. The minimum Gasteiger partial charge on any atom is -0.376 e. The summed E-state index contributed by atoms with van der Waals surface area (Å²) in [6, 6.07) is 14.7. The van der Waals surface area contributed by atoms with Crippen LogP contribution >= 0.6 is 0 Å². The lowest BCUT2D eigenvalue weighted by Crippen LogP contribution is -2.36. The zero-order valence-electron chi connectivity index (χ0n) is 11.9. The van der Waals surface area contributed by atoms with E-state index in [1.807, 2.05) is 4.90 Å². The molecule has 0 spiro atoms. The highest BCUT2D eigenvalue weighted by Crippen LogP contribution is 2.25. The summed E-state index contributed by atoms with van der Waals surface area (Å²) in [6.45, 7) is 4.85. The Balaban J connectivity index is 2.07. The van der Waals surface area contributed by atoms with Crippen LogP contribution in [0.5, 0.6) is 0 Å². The summed E-state index contributed by atoms with van der Waals surface area (Å²) in [7, 11) is 0. The molecule has 0 aromatic heterocycles. The zero-order chi connectivity index (χ0) is 14.1. The molecule has 0 bridgehead atoms. The van der Waals surface area contributed by atoms with Crippen molar-refractivity contribution in [1.82, 2.24) is 0 Å². The first kappa shape index (κ1) is 12.9. The van der Waals surface area contributed by atoms with Crippen LogP contribution in [0.25, 0.3) is 0 Å². The molecule has 1 N–H and O–H groups in total. The molecule has 102 valence electrons. The summed E-state index contributed by atoms with van der Waals surface area (Å²) >= 11 is 0. The van der Waals surface area contributed by atoms with Gasteiger partial charge in [0.25, 0.3) is 0 Å². The molecule has 0 fully saturated rings. The number of aliphatic hydroxyl groups excluding tert-OH is 1. The van der Waals surface area contributed by atoms with Crippen LogP contribution in [0, 0.1) is 13.8 Å². The molecule has 3 nitrogen and oxygen atoms in total. The fourth-order valence-corrected chi connectivity index (χ4v) is 2.55. The van der Waals surface area contributed by atoms with Gasteiger partial charge in [-0.15, -0.1) is 0 Å². The van der Waals surface area contributed by atoms with Gasteiger partial charge in [-0.3, -0.25) is 4.90 Å². The van der Waals surface area contributed by atoms with Crippen LogP contribution in [0.2, 0.25) is 0 Å². The molecule has 2 aromatic carbocycles. The van der Waals surface area contributed by atoms with E-state index in [9.17, 15) is 5.11 Å². The molecule has 1 heterocycles. The Labute approximate surface area is 119 Å². The summed E-state index contributed by atoms with van der Waals surface area (Å²) in [5, 5.41) is 9.60. The number of nitrogens with zero attached hydrogens (tertiary/aromatic N) is 2. The van der Waals surface area contributed by atoms with Crippen molar-refractivity contribution in [3.63, 3.8) is 0 Å². The fraction of sp³-hybridized carbons (Fsp3) is 0.235. The van der Waals surface area contributed by atoms with Gasteiger partial charge in [0.1, 0.15) is 6.73 Å². The Morgan fingerprint density at radius 1 is 1.05 bits per heavy atom. The molecule has 1 aliphatic heterocycles. The topological polar surface area (TPSA) is 26.5 Å². The van der Waals surface area contributed by atoms with Crippen LogP contribution in [0.15, 0.2) is 42.5 Å². The summed E-state index contributed by atoms with van der Waals surface area (Å²) in [5.41, 5.74) is 5.85. The molecule has 0 aliphatic carbocycles. The Bertz CT molecular complexity index is 659. The van der Waals surface area contributed by atoms with E-state index < -0.39 is 0 Å². The third-order valence-corrected chi connectivity index (χ3v) is 3.68. The molecule has 2 aromatic rings. The van der Waals surface area contributed by atoms with E-state index in [1.54, 1.807) is 0 Å². The van der Waals surface area contributed by atoms with Gasteiger partial charge in [-0.1, -0.05) is 29.3 Å². The molecule has 0 radical (unpaired) electrons. The Kier molecular flexibility index (Phi) is 3.28. The maximum absolute atomic E-state index is 9.60. The summed E-state index contributed by atoms with van der Waals surface area (Å²) in [4.78, 5) is 1.97. The first-order chi connectivity index (χ1) is 9.67. The first-order valence-electron chi connectivity index (χ1n) is 6.82. The standard InChI is InChI=1S/C17H19N2O/c1-13-3-6-16(7-4-13)18-10-15-9-14(2)5-8-17(15)19(11-18)12-20/h3-10,20H,11-12H2,1-2H3/q+1. The molecule has 0 amide bonds. The van der Waals surface area contributed by atoms with Crippen molar-refractivity contribution in [2.45, 2.75) is 13.8 Å². The largest absolute Gasteiger partial charge is 0.376 e. The van der Waals surface area contributed by atoms with E-state index >= 15 is 0 Å². The Morgan fingerprint density at radius 2 is 1.75 bits per heavy atom. The van der Waals surface area contributed by atoms with Crippen molar-refractivity contribution >= 4 is 17.6 Å². The lowest BCUT2D eigenvalue weighted by atomic mass is 10.1. The Morgan fingerprint density at radius 3 is 2.45 bits per heavy atom. The first-order valence-corrected chi connectivity index (χ1v) is 6.82. The third kappa shape index (κ3) is 2.32. The summed E-state index contributed by atoms with van der Waals surface area (Å²) in [5.74, 6) is 0. The van der Waals surface area contributed by atoms with Crippen LogP contribution in [-0.4, -0.2) is 29.3 Å². The molecule has 1 aliphatic rings. The quantitative estimate of drug-likeness (QED) is 0.847. The number of anilines is 1. The van der Waals surface area contributed by atoms with Gasteiger partial charge in [-0.2, -0.15) is 4.58 Å². The average molecular weight is 267 g/mol. The van der Waals surface area contributed by atoms with Crippen LogP contribution in [0.4, 0.5) is 11.4 Å². The van der Waals surface area contributed by atoms with Crippen LogP contribution in [0.1, 0.15) is 16.7 Å². The normalized spacial score (nSPS) is 13.9. The molecule has 0 unspecified atom stereocenters. The van der Waals surface area contributed by atoms with Crippen LogP contribution in [-0.2, 0) is 0 Å². The van der Waals surface area contributed by atoms with Gasteiger partial charge >= 0.3 is 0 Å². The number of fused-ring (bicyclic) bond motifs is 1. The highest BCUT2D eigenvalue weighted by Gasteiger charge is 2.23. The second kappa shape index (κ2) is 5.10. The number of hydrogen-bond donors (Lipinski definition) is 1. The lowest BCUT2D eigenvalue weighted by molar-refractivity contribution is -0.436. The molecule has 3 heteroatoms. The second-order valence-electron chi connectivity index (χ2n) is 5.32. The van der Waals surface area contributed by atoms with Crippen LogP contribution in [0.3, 0.4) is 0 Å². The van der Waals surface area contributed by atoms with Gasteiger partial charge in [0.05, 0.1) is 11.3 Å². The van der Waals surface area contributed by atoms with Gasteiger partial charge in [0, 0.05) is 12.1 Å². The highest BCUT2D eigenvalue weighted by molar-refractivity contribution is 5.87. The SMILES string of the molecule is Cc1ccc([N+]2=Cc3cc(C)ccc3N(CO)C2)cc1. The molecule has 3 rings (SSSR count). The van der Waals surface area contributed by atoms with Crippen molar-refractivity contribution in [3.8, 4) is 0 Å². The second-order valence-corrected chi connectivity index (χ2v) is 5.32. The van der Waals surface area contributed by atoms with Gasteiger partial charge in [-0.25, -0.2) is 0 Å². The van der Waals surface area contributed by atoms with Gasteiger partial charge in [0.2, 0.25) is 12.4 Å². The molecule has 0 saturated heterocycles. The number of rotatable bonds is 2. The maximum atomic E-state index is 9.60. The number of aliphatic hydroxyl groups is 1. The summed E-state index contributed by atoms with van der Waals surface area (Å²) in [6.07, 6.45) is 2.15. The van der Waals surface area contributed by atoms with Crippen molar-refractivity contribution in [2.75, 3.05) is 18.3 Å². The van der Waals surface area contributed by atoms with E-state index in [2.05, 4.69) is 67.1 Å². The number of aryl methyl sites for hydroxylation is 2. The molecule has 0 saturated carbocycles. The van der Waals surface area contributed by atoms with Crippen molar-refractivity contribution in [2.24, 2.45) is 0 Å². The van der Waals surface area contributed by atoms with Crippen molar-refractivity contribution < 1.29 is 9.68 Å². The number of hydrogen-bond acceptors (Lipinski definition) is 2. The number of benzene rings is 2. The minimum absolute atomic E-state index is 0.0201. The van der Waals surface area contributed by atoms with Gasteiger partial charge < -0.3 is 5.11 Å². The smallest absolute Gasteiger partial charge is 0.226 e. The maximum Gasteiger partial charge on any atom is 0.226 e. The molecular weight excluding hydrogens is 248 g/mol. The van der Waals surface area contributed by atoms with E-state index in [4.69, 9.17) is 0 Å². The van der Waals surface area contributed by atoms with Crippen molar-refractivity contribution in [1.29, 1.82) is 0 Å². The van der Waals surface area contributed by atoms with Gasteiger partial charge in [-0.05, 0) is 26.0 Å². The Hall–Kier alpha value is -2.13. The minimum atomic E-state index is 0.0201. The van der Waals surface area contributed by atoms with Gasteiger partial charge in [0.15, 0.2) is 6.21 Å². The zero-order valence-corrected chi connectivity index (χ0v) is 11.9. The van der Waals surface area contributed by atoms with E-state index in [1.165, 1.54) is 11.1 Å². The lowest BCUT2D eigenvalue weighted by Gasteiger charge is -2.25. The monoisotopic (exact) mass is 267 g/mol. The summed E-state index contributed by atoms with van der Waals surface area (Å²) < 4.78 is 2.16. The highest BCUT2D eigenvalue weighted by atomic mass is 16.3. The van der Waals surface area contributed by atoms with E-state index in [0.717, 1.165) is 16.9 Å². The predicted octanol–water partition coefficient (Wildman–Crippen LogP) is 2.79. The van der Waals surface area contributed by atoms with E-state index in [0.29, 0.717) is 6.67 Å².